The van der Waals surface area contributed by atoms with E-state index in [0.29, 0.717) is 38.5 Å². The predicted octanol–water partition coefficient (Wildman–Crippen LogP) is 2.66. The van der Waals surface area contributed by atoms with Gasteiger partial charge in [0.15, 0.2) is 12.4 Å². The lowest BCUT2D eigenvalue weighted by Crippen LogP contribution is -2.50. The van der Waals surface area contributed by atoms with Gasteiger partial charge in [0.1, 0.15) is 11.5 Å². The molecule has 1 fully saturated rings. The van der Waals surface area contributed by atoms with Crippen LogP contribution >= 0.6 is 0 Å². The van der Waals surface area contributed by atoms with E-state index in [9.17, 15) is 4.79 Å². The van der Waals surface area contributed by atoms with E-state index in [-0.39, 0.29) is 12.5 Å². The molecule has 0 bridgehead atoms. The van der Waals surface area contributed by atoms with Crippen LogP contribution in [0, 0.1) is 0 Å². The third kappa shape index (κ3) is 5.28. The maximum Gasteiger partial charge on any atom is 0.260 e. The molecule has 0 saturated carbocycles. The molecule has 1 aliphatic heterocycles. The molecule has 1 aliphatic rings. The van der Waals surface area contributed by atoms with Crippen molar-refractivity contribution in [3.63, 3.8) is 0 Å². The van der Waals surface area contributed by atoms with E-state index >= 15 is 0 Å². The van der Waals surface area contributed by atoms with Crippen LogP contribution < -0.4 is 14.4 Å². The van der Waals surface area contributed by atoms with E-state index in [1.165, 1.54) is 0 Å². The smallest absolute Gasteiger partial charge is 0.260 e. The molecule has 160 valence electrons. The van der Waals surface area contributed by atoms with Crippen LogP contribution in [0.2, 0.25) is 0 Å². The summed E-state index contributed by atoms with van der Waals surface area (Å²) in [7, 11) is 0. The van der Waals surface area contributed by atoms with Crippen molar-refractivity contribution < 1.29 is 14.3 Å². The SMILES string of the molecule is CCOc1cccc(OCC(=O)N2CCN(c3ccc(-c4ccncc4)nn3)CC2)c1. The minimum Gasteiger partial charge on any atom is -0.494 e. The average Bonchev–Trinajstić information content (AvgIpc) is 2.84. The number of aromatic nitrogens is 3. The van der Waals surface area contributed by atoms with Crippen LogP contribution in [0.1, 0.15) is 6.92 Å². The van der Waals surface area contributed by atoms with E-state index in [0.717, 1.165) is 22.8 Å². The first-order valence-electron chi connectivity index (χ1n) is 10.4. The van der Waals surface area contributed by atoms with E-state index in [4.69, 9.17) is 9.47 Å². The number of amides is 1. The first kappa shape index (κ1) is 20.6. The van der Waals surface area contributed by atoms with Crippen LogP contribution in [0.3, 0.4) is 0 Å². The fourth-order valence-electron chi connectivity index (χ4n) is 3.41. The Kier molecular flexibility index (Phi) is 6.56. The fraction of sp³-hybridized carbons (Fsp3) is 0.304. The summed E-state index contributed by atoms with van der Waals surface area (Å²) in [5.41, 5.74) is 1.79. The Morgan fingerprint density at radius 2 is 1.68 bits per heavy atom. The lowest BCUT2D eigenvalue weighted by Gasteiger charge is -2.35. The highest BCUT2D eigenvalue weighted by atomic mass is 16.5. The van der Waals surface area contributed by atoms with Gasteiger partial charge in [-0.15, -0.1) is 10.2 Å². The second-order valence-electron chi connectivity index (χ2n) is 7.08. The molecule has 3 aromatic rings. The van der Waals surface area contributed by atoms with Gasteiger partial charge in [-0.25, -0.2) is 0 Å². The third-order valence-electron chi connectivity index (χ3n) is 5.06. The van der Waals surface area contributed by atoms with Gasteiger partial charge in [0.25, 0.3) is 5.91 Å². The highest BCUT2D eigenvalue weighted by molar-refractivity contribution is 5.78. The standard InChI is InChI=1S/C23H25N5O3/c1-2-30-19-4-3-5-20(16-19)31-17-23(29)28-14-12-27(13-15-28)22-7-6-21(25-26-22)18-8-10-24-11-9-18/h3-11,16H,2,12-15,17H2,1H3. The Hall–Kier alpha value is -3.68. The van der Waals surface area contributed by atoms with Crippen molar-refractivity contribution in [3.05, 3.63) is 60.9 Å². The Balaban J connectivity index is 1.27. The molecule has 31 heavy (non-hydrogen) atoms. The van der Waals surface area contributed by atoms with Gasteiger partial charge in [0, 0.05) is 50.2 Å². The number of nitrogens with zero attached hydrogens (tertiary/aromatic N) is 5. The summed E-state index contributed by atoms with van der Waals surface area (Å²) in [5.74, 6) is 2.15. The van der Waals surface area contributed by atoms with E-state index in [1.54, 1.807) is 18.5 Å². The molecule has 0 radical (unpaired) electrons. The van der Waals surface area contributed by atoms with Gasteiger partial charge in [-0.2, -0.15) is 0 Å². The molecule has 0 N–H and O–H groups in total. The number of pyridine rings is 1. The molecular formula is C23H25N5O3. The number of anilines is 1. The predicted molar refractivity (Wildman–Crippen MR) is 117 cm³/mol. The van der Waals surface area contributed by atoms with Gasteiger partial charge in [0.2, 0.25) is 0 Å². The number of benzene rings is 1. The zero-order chi connectivity index (χ0) is 21.5. The largest absolute Gasteiger partial charge is 0.494 e. The molecule has 1 amide bonds. The third-order valence-corrected chi connectivity index (χ3v) is 5.06. The minimum atomic E-state index is -0.0272. The molecule has 8 heteroatoms. The minimum absolute atomic E-state index is 0.00993. The first-order valence-corrected chi connectivity index (χ1v) is 10.4. The second kappa shape index (κ2) is 9.88. The van der Waals surface area contributed by atoms with Crippen molar-refractivity contribution in [2.45, 2.75) is 6.92 Å². The maximum atomic E-state index is 12.5. The van der Waals surface area contributed by atoms with Crippen molar-refractivity contribution >= 4 is 11.7 Å². The summed E-state index contributed by atoms with van der Waals surface area (Å²) >= 11 is 0. The molecule has 0 spiro atoms. The monoisotopic (exact) mass is 419 g/mol. The lowest BCUT2D eigenvalue weighted by molar-refractivity contribution is -0.133. The highest BCUT2D eigenvalue weighted by Crippen LogP contribution is 2.20. The van der Waals surface area contributed by atoms with Crippen LogP contribution in [0.15, 0.2) is 60.9 Å². The molecule has 0 atom stereocenters. The summed E-state index contributed by atoms with van der Waals surface area (Å²) in [4.78, 5) is 20.5. The topological polar surface area (TPSA) is 80.7 Å². The molecule has 3 heterocycles. The maximum absolute atomic E-state index is 12.5. The molecule has 1 aromatic carbocycles. The average molecular weight is 419 g/mol. The normalized spacial score (nSPS) is 13.7. The van der Waals surface area contributed by atoms with Gasteiger partial charge >= 0.3 is 0 Å². The molecule has 4 rings (SSSR count). The number of hydrogen-bond donors (Lipinski definition) is 0. The number of piperazine rings is 1. The summed E-state index contributed by atoms with van der Waals surface area (Å²) in [6, 6.07) is 15.1. The van der Waals surface area contributed by atoms with Crippen molar-refractivity contribution in [2.24, 2.45) is 0 Å². The van der Waals surface area contributed by atoms with Crippen molar-refractivity contribution in [2.75, 3.05) is 44.3 Å². The zero-order valence-corrected chi connectivity index (χ0v) is 17.5. The highest BCUT2D eigenvalue weighted by Gasteiger charge is 2.22. The Labute approximate surface area is 181 Å². The molecule has 0 aliphatic carbocycles. The summed E-state index contributed by atoms with van der Waals surface area (Å²) in [6.45, 7) is 5.17. The molecular weight excluding hydrogens is 394 g/mol. The molecule has 1 saturated heterocycles. The van der Waals surface area contributed by atoms with E-state index in [1.807, 2.05) is 54.3 Å². The fourth-order valence-corrected chi connectivity index (χ4v) is 3.41. The summed E-state index contributed by atoms with van der Waals surface area (Å²) in [6.07, 6.45) is 3.47. The number of ether oxygens (including phenoxy) is 2. The first-order chi connectivity index (χ1) is 15.2. The van der Waals surface area contributed by atoms with Crippen LogP contribution in [0.25, 0.3) is 11.3 Å². The quantitative estimate of drug-likeness (QED) is 0.582. The number of carbonyl (C=O) groups excluding carboxylic acids is 1. The van der Waals surface area contributed by atoms with Gasteiger partial charge in [-0.1, -0.05) is 6.07 Å². The van der Waals surface area contributed by atoms with E-state index in [2.05, 4.69) is 20.1 Å². The molecule has 2 aromatic heterocycles. The van der Waals surface area contributed by atoms with Gasteiger partial charge in [-0.3, -0.25) is 9.78 Å². The number of carbonyl (C=O) groups is 1. The molecule has 0 unspecified atom stereocenters. The number of hydrogen-bond acceptors (Lipinski definition) is 7. The van der Waals surface area contributed by atoms with Gasteiger partial charge in [-0.05, 0) is 43.3 Å². The summed E-state index contributed by atoms with van der Waals surface area (Å²) < 4.78 is 11.1. The van der Waals surface area contributed by atoms with Crippen LogP contribution in [-0.4, -0.2) is 65.4 Å². The van der Waals surface area contributed by atoms with Crippen molar-refractivity contribution in [1.82, 2.24) is 20.1 Å². The van der Waals surface area contributed by atoms with Gasteiger partial charge in [0.05, 0.1) is 12.3 Å². The van der Waals surface area contributed by atoms with Crippen molar-refractivity contribution in [1.29, 1.82) is 0 Å². The van der Waals surface area contributed by atoms with Crippen LogP contribution in [-0.2, 0) is 4.79 Å². The van der Waals surface area contributed by atoms with Gasteiger partial charge < -0.3 is 19.3 Å². The Morgan fingerprint density at radius 1 is 0.935 bits per heavy atom. The zero-order valence-electron chi connectivity index (χ0n) is 17.5. The lowest BCUT2D eigenvalue weighted by atomic mass is 10.2. The number of rotatable bonds is 7. The molecule has 8 nitrogen and oxygen atoms in total. The second-order valence-corrected chi connectivity index (χ2v) is 7.08. The van der Waals surface area contributed by atoms with Crippen LogP contribution in [0.5, 0.6) is 11.5 Å². The van der Waals surface area contributed by atoms with Crippen LogP contribution in [0.4, 0.5) is 5.82 Å². The van der Waals surface area contributed by atoms with E-state index < -0.39 is 0 Å². The van der Waals surface area contributed by atoms with Crippen molar-refractivity contribution in [3.8, 4) is 22.8 Å². The summed E-state index contributed by atoms with van der Waals surface area (Å²) in [5, 5.41) is 8.69. The Morgan fingerprint density at radius 3 is 2.35 bits per heavy atom. The Bertz CT molecular complexity index is 990.